The number of rotatable bonds is 3. The van der Waals surface area contributed by atoms with Crippen LogP contribution < -0.4 is 0 Å². The maximum atomic E-state index is 9.25. The molecule has 0 aromatic carbocycles. The van der Waals surface area contributed by atoms with Gasteiger partial charge in [-0.1, -0.05) is 12.7 Å². The van der Waals surface area contributed by atoms with Crippen molar-refractivity contribution in [3.05, 3.63) is 25.0 Å². The molecule has 0 heterocycles. The number of ether oxygens (including phenoxy) is 1. The summed E-state index contributed by atoms with van der Waals surface area (Å²) in [5.74, 6) is 0. The summed E-state index contributed by atoms with van der Waals surface area (Å²) < 4.78 is 4.02. The van der Waals surface area contributed by atoms with Crippen molar-refractivity contribution in [1.29, 1.82) is 0 Å². The standard InChI is InChI=1S/C5H5O2/c1-2-3-4-7-5-6/h2-4H,1H2/b4-3+. The van der Waals surface area contributed by atoms with Gasteiger partial charge in [-0.15, -0.1) is 0 Å². The second-order valence-electron chi connectivity index (χ2n) is 0.765. The van der Waals surface area contributed by atoms with E-state index >= 15 is 0 Å². The zero-order valence-electron chi connectivity index (χ0n) is 3.76. The molecule has 0 aliphatic rings. The summed E-state index contributed by atoms with van der Waals surface area (Å²) >= 11 is 0. The second kappa shape index (κ2) is 4.95. The van der Waals surface area contributed by atoms with Crippen LogP contribution in [0.2, 0.25) is 0 Å². The van der Waals surface area contributed by atoms with E-state index in [1.807, 2.05) is 0 Å². The Morgan fingerprint density at radius 1 is 1.71 bits per heavy atom. The van der Waals surface area contributed by atoms with Gasteiger partial charge in [0, 0.05) is 0 Å². The minimum atomic E-state index is 1.19. The van der Waals surface area contributed by atoms with Crippen LogP contribution in [0.5, 0.6) is 0 Å². The topological polar surface area (TPSA) is 26.3 Å². The van der Waals surface area contributed by atoms with Crippen LogP contribution in [0, 0.1) is 0 Å². The van der Waals surface area contributed by atoms with Crippen LogP contribution in [0.25, 0.3) is 0 Å². The lowest BCUT2D eigenvalue weighted by molar-refractivity contribution is 0.398. The minimum absolute atomic E-state index is 1.19. The molecule has 0 bridgehead atoms. The van der Waals surface area contributed by atoms with Crippen LogP contribution in [0.3, 0.4) is 0 Å². The molecule has 0 saturated carbocycles. The molecule has 0 aromatic heterocycles. The van der Waals surface area contributed by atoms with E-state index in [0.29, 0.717) is 0 Å². The van der Waals surface area contributed by atoms with Gasteiger partial charge in [0.05, 0.1) is 6.26 Å². The van der Waals surface area contributed by atoms with Crippen LogP contribution in [-0.2, 0) is 9.53 Å². The molecule has 0 aromatic rings. The maximum Gasteiger partial charge on any atom is 0.422 e. The lowest BCUT2D eigenvalue weighted by Crippen LogP contribution is -1.69. The van der Waals surface area contributed by atoms with Gasteiger partial charge >= 0.3 is 6.47 Å². The number of allylic oxidation sites excluding steroid dienone is 2. The van der Waals surface area contributed by atoms with Gasteiger partial charge < -0.3 is 4.74 Å². The van der Waals surface area contributed by atoms with Gasteiger partial charge in [-0.3, -0.25) is 0 Å². The Bertz CT molecular complexity index is 84.1. The predicted octanol–water partition coefficient (Wildman–Crippen LogP) is 0.770. The van der Waals surface area contributed by atoms with Gasteiger partial charge in [-0.2, -0.15) is 0 Å². The zero-order chi connectivity index (χ0) is 5.54. The van der Waals surface area contributed by atoms with Crippen molar-refractivity contribution in [2.75, 3.05) is 0 Å². The highest BCUT2D eigenvalue weighted by atomic mass is 16.5. The molecule has 0 unspecified atom stereocenters. The molecule has 0 rings (SSSR count). The van der Waals surface area contributed by atoms with Crippen molar-refractivity contribution in [2.45, 2.75) is 0 Å². The predicted molar refractivity (Wildman–Crippen MR) is 26.1 cm³/mol. The molecule has 37 valence electrons. The third-order valence-electron chi connectivity index (χ3n) is 0.331. The first-order valence-corrected chi connectivity index (χ1v) is 1.72. The van der Waals surface area contributed by atoms with Crippen molar-refractivity contribution < 1.29 is 9.53 Å². The second-order valence-corrected chi connectivity index (χ2v) is 0.765. The van der Waals surface area contributed by atoms with Crippen LogP contribution in [0.1, 0.15) is 0 Å². The molecule has 0 saturated heterocycles. The van der Waals surface area contributed by atoms with E-state index in [1.165, 1.54) is 24.9 Å². The maximum absolute atomic E-state index is 9.25. The highest BCUT2D eigenvalue weighted by Crippen LogP contribution is 1.70. The third kappa shape index (κ3) is 4.95. The Morgan fingerprint density at radius 3 is 2.86 bits per heavy atom. The van der Waals surface area contributed by atoms with Crippen LogP contribution in [0.4, 0.5) is 0 Å². The fraction of sp³-hybridized carbons (Fsp3) is 0. The normalized spacial score (nSPS) is 8.57. The van der Waals surface area contributed by atoms with Gasteiger partial charge in [0.15, 0.2) is 0 Å². The molecule has 7 heavy (non-hydrogen) atoms. The summed E-state index contributed by atoms with van der Waals surface area (Å²) in [5.41, 5.74) is 0. The first-order valence-electron chi connectivity index (χ1n) is 1.72. The summed E-state index contributed by atoms with van der Waals surface area (Å²) in [6, 6.07) is 0. The molecule has 0 N–H and O–H groups in total. The minimum Gasteiger partial charge on any atom is -0.426 e. The van der Waals surface area contributed by atoms with Crippen LogP contribution in [0.15, 0.2) is 25.0 Å². The SMILES string of the molecule is C=C/C=C/O[C]=O. The number of hydrogen-bond acceptors (Lipinski definition) is 2. The Hall–Kier alpha value is -1.05. The van der Waals surface area contributed by atoms with Gasteiger partial charge in [-0.05, 0) is 6.08 Å². The fourth-order valence-electron chi connectivity index (χ4n) is 0.123. The summed E-state index contributed by atoms with van der Waals surface area (Å²) in [5, 5.41) is 0. The van der Waals surface area contributed by atoms with E-state index in [4.69, 9.17) is 0 Å². The number of carbonyl (C=O) groups excluding carboxylic acids is 1. The van der Waals surface area contributed by atoms with Gasteiger partial charge in [0.1, 0.15) is 0 Å². The molecule has 0 aliphatic carbocycles. The zero-order valence-corrected chi connectivity index (χ0v) is 3.76. The van der Waals surface area contributed by atoms with E-state index in [9.17, 15) is 4.79 Å². The lowest BCUT2D eigenvalue weighted by atomic mass is 10.6. The molecule has 2 heteroatoms. The summed E-state index contributed by atoms with van der Waals surface area (Å²) in [6.45, 7) is 4.55. The van der Waals surface area contributed by atoms with Crippen molar-refractivity contribution in [1.82, 2.24) is 0 Å². The average Bonchev–Trinajstić information content (AvgIpc) is 1.69. The highest BCUT2D eigenvalue weighted by Gasteiger charge is 1.63. The first-order chi connectivity index (χ1) is 3.41. The van der Waals surface area contributed by atoms with E-state index in [-0.39, 0.29) is 0 Å². The summed E-state index contributed by atoms with van der Waals surface area (Å²) in [7, 11) is 0. The molecule has 1 radical (unpaired) electrons. The Morgan fingerprint density at radius 2 is 2.43 bits per heavy atom. The molecular weight excluding hydrogens is 92.1 g/mol. The third-order valence-corrected chi connectivity index (χ3v) is 0.331. The van der Waals surface area contributed by atoms with Gasteiger partial charge in [-0.25, -0.2) is 4.79 Å². The van der Waals surface area contributed by atoms with Crippen molar-refractivity contribution in [3.8, 4) is 0 Å². The summed E-state index contributed by atoms with van der Waals surface area (Å²) in [4.78, 5) is 9.25. The average molecular weight is 97.1 g/mol. The monoisotopic (exact) mass is 97.0 g/mol. The number of hydrogen-bond donors (Lipinski definition) is 0. The van der Waals surface area contributed by atoms with E-state index < -0.39 is 0 Å². The fourth-order valence-corrected chi connectivity index (χ4v) is 0.123. The molecule has 2 nitrogen and oxygen atoms in total. The molecule has 0 aliphatic heterocycles. The van der Waals surface area contributed by atoms with Crippen LogP contribution >= 0.6 is 0 Å². The molecule has 0 amide bonds. The van der Waals surface area contributed by atoms with Crippen molar-refractivity contribution >= 4 is 6.47 Å². The lowest BCUT2D eigenvalue weighted by Gasteiger charge is -1.73. The smallest absolute Gasteiger partial charge is 0.422 e. The van der Waals surface area contributed by atoms with E-state index in [1.54, 1.807) is 0 Å². The van der Waals surface area contributed by atoms with E-state index in [2.05, 4.69) is 11.3 Å². The Labute approximate surface area is 42.1 Å². The Kier molecular flexibility index (Phi) is 4.21. The van der Waals surface area contributed by atoms with Crippen molar-refractivity contribution in [2.24, 2.45) is 0 Å². The molecular formula is C5H5O2. The van der Waals surface area contributed by atoms with Crippen molar-refractivity contribution in [3.63, 3.8) is 0 Å². The van der Waals surface area contributed by atoms with Gasteiger partial charge in [0.25, 0.3) is 0 Å². The van der Waals surface area contributed by atoms with Crippen LogP contribution in [-0.4, -0.2) is 6.47 Å². The van der Waals surface area contributed by atoms with E-state index in [0.717, 1.165) is 0 Å². The summed E-state index contributed by atoms with van der Waals surface area (Å²) in [6.07, 6.45) is 4.18. The highest BCUT2D eigenvalue weighted by molar-refractivity contribution is 5.39. The van der Waals surface area contributed by atoms with Gasteiger partial charge in [0.2, 0.25) is 0 Å². The largest absolute Gasteiger partial charge is 0.426 e. The molecule has 0 atom stereocenters. The first kappa shape index (κ1) is 5.95. The quantitative estimate of drug-likeness (QED) is 0.384. The Balaban J connectivity index is 3.08. The molecule has 0 spiro atoms. The molecule has 0 fully saturated rings.